The molecule has 1 aromatic carbocycles. The standard InChI is InChI=1S/C30H39N5O3/c1-6-34-18-29(5,19-34)30(37,25-9-7-22(8-10-25)20(2)3)26-15-24(16-31-17-26)27-32-28(38-33-27)23-11-13-35(14-12-23)21(4)36/h7-10,15-17,20,23,37H,6,11-14,18-19H2,1-5H3. The number of rotatable bonds is 7. The minimum atomic E-state index is -1.23. The zero-order chi connectivity index (χ0) is 27.1. The van der Waals surface area contributed by atoms with Gasteiger partial charge in [0.25, 0.3) is 0 Å². The van der Waals surface area contributed by atoms with E-state index in [-0.39, 0.29) is 17.2 Å². The van der Waals surface area contributed by atoms with Gasteiger partial charge >= 0.3 is 0 Å². The molecular formula is C30H39N5O3. The quantitative estimate of drug-likeness (QED) is 0.491. The molecule has 3 aromatic rings. The van der Waals surface area contributed by atoms with Crippen LogP contribution in [0.1, 0.15) is 81.9 Å². The Balaban J connectivity index is 1.46. The van der Waals surface area contributed by atoms with Crippen LogP contribution < -0.4 is 0 Å². The van der Waals surface area contributed by atoms with E-state index < -0.39 is 5.60 Å². The van der Waals surface area contributed by atoms with Gasteiger partial charge in [-0.05, 0) is 42.5 Å². The van der Waals surface area contributed by atoms with Crippen LogP contribution in [0.25, 0.3) is 11.4 Å². The van der Waals surface area contributed by atoms with E-state index in [1.54, 1.807) is 19.3 Å². The molecule has 1 atom stereocenters. The molecule has 8 heteroatoms. The number of carbonyl (C=O) groups excluding carboxylic acids is 1. The number of carbonyl (C=O) groups is 1. The molecule has 4 heterocycles. The highest BCUT2D eigenvalue weighted by atomic mass is 16.5. The summed E-state index contributed by atoms with van der Waals surface area (Å²) >= 11 is 0. The number of benzene rings is 1. The molecule has 5 rings (SSSR count). The van der Waals surface area contributed by atoms with Crippen LogP contribution in [0.15, 0.2) is 47.2 Å². The predicted octanol–water partition coefficient (Wildman–Crippen LogP) is 4.56. The molecule has 8 nitrogen and oxygen atoms in total. The molecule has 202 valence electrons. The van der Waals surface area contributed by atoms with Crippen molar-refractivity contribution in [2.45, 2.75) is 64.9 Å². The normalized spacial score (nSPS) is 19.8. The maximum atomic E-state index is 12.6. The van der Waals surface area contributed by atoms with Gasteiger partial charge in [-0.3, -0.25) is 9.78 Å². The van der Waals surface area contributed by atoms with Gasteiger partial charge in [-0.25, -0.2) is 0 Å². The minimum Gasteiger partial charge on any atom is -0.380 e. The molecule has 0 radical (unpaired) electrons. The van der Waals surface area contributed by atoms with E-state index in [2.05, 4.69) is 67.0 Å². The maximum Gasteiger partial charge on any atom is 0.230 e. The molecule has 2 aliphatic heterocycles. The van der Waals surface area contributed by atoms with Crippen LogP contribution in [-0.2, 0) is 10.4 Å². The highest BCUT2D eigenvalue weighted by molar-refractivity contribution is 5.73. The van der Waals surface area contributed by atoms with Gasteiger partial charge in [0.15, 0.2) is 0 Å². The molecule has 2 saturated heterocycles. The summed E-state index contributed by atoms with van der Waals surface area (Å²) in [5.74, 6) is 1.71. The third-order valence-electron chi connectivity index (χ3n) is 8.61. The van der Waals surface area contributed by atoms with Crippen LogP contribution in [0.3, 0.4) is 0 Å². The number of aromatic nitrogens is 3. The fourth-order valence-electron chi connectivity index (χ4n) is 6.09. The van der Waals surface area contributed by atoms with Gasteiger partial charge in [0.2, 0.25) is 17.6 Å². The first kappa shape index (κ1) is 26.5. The molecule has 1 amide bonds. The predicted molar refractivity (Wildman–Crippen MR) is 146 cm³/mol. The number of amides is 1. The van der Waals surface area contributed by atoms with Gasteiger partial charge in [-0.2, -0.15) is 4.98 Å². The second-order valence-corrected chi connectivity index (χ2v) is 11.5. The molecule has 38 heavy (non-hydrogen) atoms. The highest BCUT2D eigenvalue weighted by Gasteiger charge is 2.56. The average Bonchev–Trinajstić information content (AvgIpc) is 3.41. The Morgan fingerprint density at radius 2 is 1.84 bits per heavy atom. The fourth-order valence-corrected chi connectivity index (χ4v) is 6.09. The number of hydrogen-bond donors (Lipinski definition) is 1. The van der Waals surface area contributed by atoms with Gasteiger partial charge in [0.05, 0.1) is 0 Å². The van der Waals surface area contributed by atoms with Crippen LogP contribution >= 0.6 is 0 Å². The number of likely N-dealkylation sites (tertiary alicyclic amines) is 2. The van der Waals surface area contributed by atoms with Gasteiger partial charge in [0.1, 0.15) is 5.60 Å². The van der Waals surface area contributed by atoms with Crippen molar-refractivity contribution in [1.29, 1.82) is 0 Å². The molecule has 2 aromatic heterocycles. The number of nitrogens with zero attached hydrogens (tertiary/aromatic N) is 5. The summed E-state index contributed by atoms with van der Waals surface area (Å²) in [6.45, 7) is 14.2. The first-order valence-corrected chi connectivity index (χ1v) is 13.7. The summed E-state index contributed by atoms with van der Waals surface area (Å²) in [7, 11) is 0. The van der Waals surface area contributed by atoms with E-state index in [0.29, 0.717) is 36.3 Å². The SMILES string of the molecule is CCN1CC(C)(C(O)(c2ccc(C(C)C)cc2)c2cncc(-c3noc(C4CCN(C(C)=O)CC4)n3)c2)C1. The molecule has 0 spiro atoms. The molecule has 0 aliphatic carbocycles. The summed E-state index contributed by atoms with van der Waals surface area (Å²) in [5, 5.41) is 16.8. The Morgan fingerprint density at radius 1 is 1.16 bits per heavy atom. The van der Waals surface area contributed by atoms with E-state index in [4.69, 9.17) is 9.51 Å². The van der Waals surface area contributed by atoms with Crippen molar-refractivity contribution in [3.8, 4) is 11.4 Å². The Morgan fingerprint density at radius 3 is 2.45 bits per heavy atom. The summed E-state index contributed by atoms with van der Waals surface area (Å²) in [6.07, 6.45) is 5.09. The van der Waals surface area contributed by atoms with Crippen molar-refractivity contribution in [2.75, 3.05) is 32.7 Å². The summed E-state index contributed by atoms with van der Waals surface area (Å²) < 4.78 is 5.67. The zero-order valence-corrected chi connectivity index (χ0v) is 23.1. The Labute approximate surface area is 225 Å². The lowest BCUT2D eigenvalue weighted by atomic mass is 9.62. The first-order chi connectivity index (χ1) is 18.1. The third kappa shape index (κ3) is 4.64. The van der Waals surface area contributed by atoms with Crippen LogP contribution in [-0.4, -0.2) is 68.7 Å². The van der Waals surface area contributed by atoms with E-state index >= 15 is 0 Å². The van der Waals surface area contributed by atoms with Crippen molar-refractivity contribution < 1.29 is 14.4 Å². The Hall–Kier alpha value is -3.10. The highest BCUT2D eigenvalue weighted by Crippen LogP contribution is 2.50. The van der Waals surface area contributed by atoms with Crippen molar-refractivity contribution in [2.24, 2.45) is 5.41 Å². The zero-order valence-electron chi connectivity index (χ0n) is 23.1. The number of aliphatic hydroxyl groups is 1. The van der Waals surface area contributed by atoms with Crippen molar-refractivity contribution in [3.05, 3.63) is 65.3 Å². The van der Waals surface area contributed by atoms with E-state index in [1.165, 1.54) is 5.56 Å². The molecule has 2 fully saturated rings. The largest absolute Gasteiger partial charge is 0.380 e. The molecule has 0 saturated carbocycles. The van der Waals surface area contributed by atoms with Gasteiger partial charge in [-0.15, -0.1) is 0 Å². The first-order valence-electron chi connectivity index (χ1n) is 13.7. The lowest BCUT2D eigenvalue weighted by molar-refractivity contribution is -0.134. The topological polar surface area (TPSA) is 95.6 Å². The Kier molecular flexibility index (Phi) is 7.13. The van der Waals surface area contributed by atoms with Gasteiger partial charge in [-0.1, -0.05) is 57.1 Å². The van der Waals surface area contributed by atoms with Gasteiger partial charge in [0, 0.05) is 68.0 Å². The Bertz CT molecular complexity index is 1270. The monoisotopic (exact) mass is 517 g/mol. The molecule has 2 aliphatic rings. The summed E-state index contributed by atoms with van der Waals surface area (Å²) in [6, 6.07) is 10.3. The van der Waals surface area contributed by atoms with Crippen molar-refractivity contribution in [3.63, 3.8) is 0 Å². The molecule has 1 unspecified atom stereocenters. The van der Waals surface area contributed by atoms with Gasteiger partial charge < -0.3 is 19.4 Å². The number of piperidine rings is 1. The number of hydrogen-bond acceptors (Lipinski definition) is 7. The third-order valence-corrected chi connectivity index (χ3v) is 8.61. The van der Waals surface area contributed by atoms with Crippen molar-refractivity contribution >= 4 is 5.91 Å². The average molecular weight is 518 g/mol. The second kappa shape index (κ2) is 10.2. The number of pyridine rings is 1. The van der Waals surface area contributed by atoms with Crippen LogP contribution in [0.2, 0.25) is 0 Å². The molecular weight excluding hydrogens is 478 g/mol. The van der Waals surface area contributed by atoms with E-state index in [1.807, 2.05) is 11.0 Å². The van der Waals surface area contributed by atoms with E-state index in [9.17, 15) is 9.90 Å². The maximum absolute atomic E-state index is 12.6. The summed E-state index contributed by atoms with van der Waals surface area (Å²) in [5.41, 5.74) is 1.94. The van der Waals surface area contributed by atoms with Crippen molar-refractivity contribution in [1.82, 2.24) is 24.9 Å². The molecule has 1 N–H and O–H groups in total. The summed E-state index contributed by atoms with van der Waals surface area (Å²) in [4.78, 5) is 25.1. The smallest absolute Gasteiger partial charge is 0.230 e. The lowest BCUT2D eigenvalue weighted by Gasteiger charge is -2.56. The second-order valence-electron chi connectivity index (χ2n) is 11.5. The minimum absolute atomic E-state index is 0.103. The lowest BCUT2D eigenvalue weighted by Crippen LogP contribution is -2.64. The van der Waals surface area contributed by atoms with E-state index in [0.717, 1.165) is 43.6 Å². The van der Waals surface area contributed by atoms with Crippen LogP contribution in [0, 0.1) is 5.41 Å². The molecule has 0 bridgehead atoms. The fraction of sp³-hybridized carbons (Fsp3) is 0.533. The van der Waals surface area contributed by atoms with Crippen LogP contribution in [0.4, 0.5) is 0 Å². The van der Waals surface area contributed by atoms with Crippen LogP contribution in [0.5, 0.6) is 0 Å².